The fraction of sp³-hybridized carbons (Fsp3) is 0.316. The maximum atomic E-state index is 12.2. The monoisotopic (exact) mass is 311 g/mol. The number of benzene rings is 2. The average molecular weight is 311 g/mol. The fourth-order valence-electron chi connectivity index (χ4n) is 3.21. The van der Waals surface area contributed by atoms with E-state index in [9.17, 15) is 4.79 Å². The Morgan fingerprint density at radius 1 is 1.09 bits per heavy atom. The molecule has 2 aromatic rings. The lowest BCUT2D eigenvalue weighted by molar-refractivity contribution is -0.146. The van der Waals surface area contributed by atoms with Crippen LogP contribution in [0.5, 0.6) is 5.75 Å². The highest BCUT2D eigenvalue weighted by atomic mass is 16.5. The van der Waals surface area contributed by atoms with E-state index >= 15 is 0 Å². The average Bonchev–Trinajstić information content (AvgIpc) is 2.62. The van der Waals surface area contributed by atoms with Gasteiger partial charge >= 0.3 is 5.97 Å². The van der Waals surface area contributed by atoms with Gasteiger partial charge < -0.3 is 14.8 Å². The van der Waals surface area contributed by atoms with E-state index < -0.39 is 0 Å². The number of carbonyl (C=O) groups excluding carboxylic acids is 1. The number of fused-ring (bicyclic) bond motifs is 1. The molecule has 0 amide bonds. The van der Waals surface area contributed by atoms with Crippen LogP contribution in [0.4, 0.5) is 5.69 Å². The van der Waals surface area contributed by atoms with Gasteiger partial charge in [0.2, 0.25) is 0 Å². The number of rotatable bonds is 4. The molecule has 0 saturated carbocycles. The van der Waals surface area contributed by atoms with Crippen molar-refractivity contribution in [3.8, 4) is 5.75 Å². The third-order valence-corrected chi connectivity index (χ3v) is 4.43. The van der Waals surface area contributed by atoms with E-state index in [-0.39, 0.29) is 17.9 Å². The van der Waals surface area contributed by atoms with Gasteiger partial charge in [0.25, 0.3) is 0 Å². The Morgan fingerprint density at radius 3 is 2.52 bits per heavy atom. The summed E-state index contributed by atoms with van der Waals surface area (Å²) in [6, 6.07) is 15.9. The Balaban J connectivity index is 1.91. The lowest BCUT2D eigenvalue weighted by atomic mass is 9.79. The molecule has 0 spiro atoms. The lowest BCUT2D eigenvalue weighted by Gasteiger charge is -2.33. The number of aryl methyl sites for hydroxylation is 1. The van der Waals surface area contributed by atoms with E-state index in [1.165, 1.54) is 18.2 Å². The quantitative estimate of drug-likeness (QED) is 0.877. The number of hydrogen-bond acceptors (Lipinski definition) is 4. The normalized spacial score (nSPS) is 19.6. The Bertz CT molecular complexity index is 681. The highest BCUT2D eigenvalue weighted by Gasteiger charge is 2.35. The van der Waals surface area contributed by atoms with Gasteiger partial charge in [0.05, 0.1) is 26.2 Å². The third kappa shape index (κ3) is 3.16. The molecule has 1 aliphatic rings. The summed E-state index contributed by atoms with van der Waals surface area (Å²) >= 11 is 0. The van der Waals surface area contributed by atoms with E-state index in [1.807, 2.05) is 36.4 Å². The van der Waals surface area contributed by atoms with Gasteiger partial charge in [-0.05, 0) is 48.2 Å². The molecule has 1 aliphatic carbocycles. The number of anilines is 1. The maximum absolute atomic E-state index is 12.2. The minimum atomic E-state index is -0.183. The van der Waals surface area contributed by atoms with Crippen molar-refractivity contribution in [1.82, 2.24) is 0 Å². The molecule has 0 radical (unpaired) electrons. The first-order chi connectivity index (χ1) is 11.2. The summed E-state index contributed by atoms with van der Waals surface area (Å²) in [7, 11) is 3.10. The van der Waals surface area contributed by atoms with Crippen LogP contribution in [0.15, 0.2) is 48.5 Å². The van der Waals surface area contributed by atoms with Crippen LogP contribution in [-0.2, 0) is 16.0 Å². The Kier molecular flexibility index (Phi) is 4.51. The molecule has 4 heteroatoms. The second-order valence-corrected chi connectivity index (χ2v) is 5.72. The minimum Gasteiger partial charge on any atom is -0.497 e. The molecule has 4 nitrogen and oxygen atoms in total. The fourth-order valence-corrected chi connectivity index (χ4v) is 3.21. The Labute approximate surface area is 136 Å². The van der Waals surface area contributed by atoms with Gasteiger partial charge in [-0.15, -0.1) is 0 Å². The molecule has 0 unspecified atom stereocenters. The number of ether oxygens (including phenoxy) is 2. The van der Waals surface area contributed by atoms with Gasteiger partial charge in [0.1, 0.15) is 5.75 Å². The topological polar surface area (TPSA) is 47.6 Å². The van der Waals surface area contributed by atoms with E-state index in [0.29, 0.717) is 0 Å². The van der Waals surface area contributed by atoms with Gasteiger partial charge in [0, 0.05) is 5.69 Å². The minimum absolute atomic E-state index is 0.0826. The highest BCUT2D eigenvalue weighted by molar-refractivity contribution is 5.75. The number of nitrogens with one attached hydrogen (secondary N) is 1. The van der Waals surface area contributed by atoms with Crippen LogP contribution < -0.4 is 10.1 Å². The van der Waals surface area contributed by atoms with Gasteiger partial charge in [-0.3, -0.25) is 4.79 Å². The van der Waals surface area contributed by atoms with Crippen molar-refractivity contribution in [3.05, 3.63) is 59.7 Å². The van der Waals surface area contributed by atoms with Crippen molar-refractivity contribution >= 4 is 11.7 Å². The zero-order valence-electron chi connectivity index (χ0n) is 13.4. The molecule has 1 N–H and O–H groups in total. The number of esters is 1. The van der Waals surface area contributed by atoms with Crippen molar-refractivity contribution in [2.24, 2.45) is 5.92 Å². The molecule has 0 fully saturated rings. The first kappa shape index (κ1) is 15.4. The first-order valence-corrected chi connectivity index (χ1v) is 7.79. The molecule has 0 aromatic heterocycles. The van der Waals surface area contributed by atoms with Crippen molar-refractivity contribution in [3.63, 3.8) is 0 Å². The van der Waals surface area contributed by atoms with Crippen molar-refractivity contribution < 1.29 is 14.3 Å². The maximum Gasteiger partial charge on any atom is 0.311 e. The van der Waals surface area contributed by atoms with Crippen molar-refractivity contribution in [1.29, 1.82) is 0 Å². The summed E-state index contributed by atoms with van der Waals surface area (Å²) in [6.07, 6.45) is 1.69. The van der Waals surface area contributed by atoms with Crippen LogP contribution in [0.1, 0.15) is 23.6 Å². The SMILES string of the molecule is COC(=O)[C@H]1CCc2ccccc2[C@H]1Nc1ccc(OC)cc1. The Morgan fingerprint density at radius 2 is 1.83 bits per heavy atom. The number of carbonyl (C=O) groups is 1. The summed E-state index contributed by atoms with van der Waals surface area (Å²) < 4.78 is 10.2. The van der Waals surface area contributed by atoms with Crippen LogP contribution >= 0.6 is 0 Å². The molecule has 2 aromatic carbocycles. The predicted octanol–water partition coefficient (Wildman–Crippen LogP) is 3.58. The van der Waals surface area contributed by atoms with Gasteiger partial charge in [-0.2, -0.15) is 0 Å². The summed E-state index contributed by atoms with van der Waals surface area (Å²) in [5, 5.41) is 3.50. The second kappa shape index (κ2) is 6.73. The van der Waals surface area contributed by atoms with Gasteiger partial charge in [0.15, 0.2) is 0 Å². The summed E-state index contributed by atoms with van der Waals surface area (Å²) in [6.45, 7) is 0. The molecule has 120 valence electrons. The number of methoxy groups -OCH3 is 2. The lowest BCUT2D eigenvalue weighted by Crippen LogP contribution is -2.33. The summed E-state index contributed by atoms with van der Waals surface area (Å²) in [4.78, 5) is 12.2. The molecule has 0 aliphatic heterocycles. The van der Waals surface area contributed by atoms with Crippen LogP contribution in [0.3, 0.4) is 0 Å². The Hall–Kier alpha value is -2.49. The third-order valence-electron chi connectivity index (χ3n) is 4.43. The van der Waals surface area contributed by atoms with Crippen LogP contribution in [0, 0.1) is 5.92 Å². The second-order valence-electron chi connectivity index (χ2n) is 5.72. The van der Waals surface area contributed by atoms with Gasteiger partial charge in [-0.1, -0.05) is 24.3 Å². The standard InChI is InChI=1S/C19H21NO3/c1-22-15-10-8-14(9-11-15)20-18-16-6-4-3-5-13(16)7-12-17(18)19(21)23-2/h3-6,8-11,17-18,20H,7,12H2,1-2H3/t17-,18+/m0/s1. The van der Waals surface area contributed by atoms with Crippen LogP contribution in [0.25, 0.3) is 0 Å². The number of hydrogen-bond donors (Lipinski definition) is 1. The molecule has 0 heterocycles. The van der Waals surface area contributed by atoms with Crippen molar-refractivity contribution in [2.75, 3.05) is 19.5 Å². The molecular formula is C19H21NO3. The molecule has 23 heavy (non-hydrogen) atoms. The largest absolute Gasteiger partial charge is 0.497 e. The molecule has 0 bridgehead atoms. The van der Waals surface area contributed by atoms with Crippen LogP contribution in [0.2, 0.25) is 0 Å². The van der Waals surface area contributed by atoms with Crippen molar-refractivity contribution in [2.45, 2.75) is 18.9 Å². The smallest absolute Gasteiger partial charge is 0.311 e. The predicted molar refractivity (Wildman–Crippen MR) is 89.6 cm³/mol. The van der Waals surface area contributed by atoms with Crippen LogP contribution in [-0.4, -0.2) is 20.2 Å². The summed E-state index contributed by atoms with van der Waals surface area (Å²) in [5.74, 6) is 0.464. The van der Waals surface area contributed by atoms with E-state index in [4.69, 9.17) is 9.47 Å². The zero-order chi connectivity index (χ0) is 16.2. The molecular weight excluding hydrogens is 290 g/mol. The molecule has 2 atom stereocenters. The highest BCUT2D eigenvalue weighted by Crippen LogP contribution is 2.37. The molecule has 3 rings (SSSR count). The van der Waals surface area contributed by atoms with E-state index in [2.05, 4.69) is 17.4 Å². The summed E-state index contributed by atoms with van der Waals surface area (Å²) in [5.41, 5.74) is 3.42. The molecule has 0 saturated heterocycles. The first-order valence-electron chi connectivity index (χ1n) is 7.79. The van der Waals surface area contributed by atoms with E-state index in [1.54, 1.807) is 7.11 Å². The van der Waals surface area contributed by atoms with E-state index in [0.717, 1.165) is 24.3 Å². The zero-order valence-corrected chi connectivity index (χ0v) is 13.4. The van der Waals surface area contributed by atoms with Gasteiger partial charge in [-0.25, -0.2) is 0 Å².